The normalized spacial score (nSPS) is 12.1. The van der Waals surface area contributed by atoms with Gasteiger partial charge in [0.15, 0.2) is 0 Å². The smallest absolute Gasteiger partial charge is 0.205 e. The Labute approximate surface area is 64.5 Å². The lowest BCUT2D eigenvalue weighted by molar-refractivity contribution is -0.136. The number of rotatable bonds is 0. The predicted molar refractivity (Wildman–Crippen MR) is 34.0 cm³/mol. The van der Waals surface area contributed by atoms with Crippen molar-refractivity contribution in [1.82, 2.24) is 0 Å². The average Bonchev–Trinajstić information content (AvgIpc) is 2.11. The molecule has 5 heteroatoms. The van der Waals surface area contributed by atoms with Crippen molar-refractivity contribution in [2.75, 3.05) is 0 Å². The van der Waals surface area contributed by atoms with Crippen molar-refractivity contribution in [3.63, 3.8) is 0 Å². The van der Waals surface area contributed by atoms with E-state index < -0.39 is 16.9 Å². The van der Waals surface area contributed by atoms with Gasteiger partial charge in [-0.15, -0.1) is 11.3 Å². The molecule has 11 heavy (non-hydrogen) atoms. The molecule has 1 rings (SSSR count). The molecule has 0 radical (unpaired) electrons. The zero-order valence-corrected chi connectivity index (χ0v) is 6.31. The van der Waals surface area contributed by atoms with E-state index >= 15 is 0 Å². The minimum atomic E-state index is -4.55. The van der Waals surface area contributed by atoms with Crippen LogP contribution in [0.25, 0.3) is 0 Å². The first-order chi connectivity index (χ1) is 4.93. The van der Waals surface area contributed by atoms with Crippen molar-refractivity contribution in [3.05, 3.63) is 21.6 Å². The Morgan fingerprint density at radius 2 is 1.91 bits per heavy atom. The van der Waals surface area contributed by atoms with Gasteiger partial charge in [0.05, 0.1) is 0 Å². The van der Waals surface area contributed by atoms with Crippen molar-refractivity contribution in [3.8, 4) is 0 Å². The van der Waals surface area contributed by atoms with E-state index in [4.69, 9.17) is 0 Å². The maximum Gasteiger partial charge on any atom is 0.428 e. The molecule has 0 saturated heterocycles. The largest absolute Gasteiger partial charge is 0.428 e. The lowest BCUT2D eigenvalue weighted by Gasteiger charge is -2.01. The monoisotopic (exact) mass is 184 g/mol. The van der Waals surface area contributed by atoms with Crippen LogP contribution in [0.1, 0.15) is 10.4 Å². The van der Waals surface area contributed by atoms with Gasteiger partial charge in [0.2, 0.25) is 0 Å². The van der Waals surface area contributed by atoms with Gasteiger partial charge in [-0.3, -0.25) is 0 Å². The number of thiophene rings is 1. The van der Waals surface area contributed by atoms with Crippen molar-refractivity contribution in [1.29, 1.82) is 0 Å². The molecule has 0 N–H and O–H groups in total. The zero-order chi connectivity index (χ0) is 8.65. The molecule has 0 spiro atoms. The number of hydrogen-bond acceptors (Lipinski definition) is 1. The second-order valence-electron chi connectivity index (χ2n) is 2.06. The fourth-order valence-electron chi connectivity index (χ4n) is 0.621. The van der Waals surface area contributed by atoms with E-state index in [0.29, 0.717) is 11.3 Å². The molecule has 1 aromatic rings. The molecular weight excluding hydrogens is 180 g/mol. The summed E-state index contributed by atoms with van der Waals surface area (Å²) in [6, 6.07) is 0. The Balaban J connectivity index is 3.15. The molecule has 0 fully saturated rings. The molecule has 0 aliphatic carbocycles. The summed E-state index contributed by atoms with van der Waals surface area (Å²) in [5, 5.41) is 1.15. The highest BCUT2D eigenvalue weighted by atomic mass is 32.1. The quantitative estimate of drug-likeness (QED) is 0.543. The van der Waals surface area contributed by atoms with Crippen LogP contribution < -0.4 is 0 Å². The van der Waals surface area contributed by atoms with Gasteiger partial charge in [-0.1, -0.05) is 0 Å². The summed E-state index contributed by atoms with van der Waals surface area (Å²) < 4.78 is 48.0. The third-order valence-corrected chi connectivity index (χ3v) is 2.27. The summed E-state index contributed by atoms with van der Waals surface area (Å²) in [7, 11) is 0. The van der Waals surface area contributed by atoms with Crippen LogP contribution in [0.2, 0.25) is 0 Å². The summed E-state index contributed by atoms with van der Waals surface area (Å²) in [5.74, 6) is -1.15. The Hall–Kier alpha value is -0.580. The van der Waals surface area contributed by atoms with Crippen molar-refractivity contribution >= 4 is 11.3 Å². The van der Waals surface area contributed by atoms with Crippen LogP contribution >= 0.6 is 11.3 Å². The molecule has 0 aliphatic heterocycles. The molecule has 0 saturated carbocycles. The van der Waals surface area contributed by atoms with Gasteiger partial charge in [-0.25, -0.2) is 4.39 Å². The molecule has 0 atom stereocenters. The lowest BCUT2D eigenvalue weighted by Crippen LogP contribution is -2.04. The molecule has 0 aliphatic rings. The summed E-state index contributed by atoms with van der Waals surface area (Å²) >= 11 is 0.383. The molecule has 1 heterocycles. The summed E-state index contributed by atoms with van der Waals surface area (Å²) in [6.07, 6.45) is -4.55. The minimum Gasteiger partial charge on any atom is -0.205 e. The highest BCUT2D eigenvalue weighted by molar-refractivity contribution is 7.10. The average molecular weight is 184 g/mol. The molecule has 0 amide bonds. The summed E-state index contributed by atoms with van der Waals surface area (Å²) in [6.45, 7) is 1.31. The first-order valence-electron chi connectivity index (χ1n) is 2.73. The molecule has 0 bridgehead atoms. The van der Waals surface area contributed by atoms with Crippen molar-refractivity contribution < 1.29 is 17.6 Å². The first kappa shape index (κ1) is 8.52. The number of hydrogen-bond donors (Lipinski definition) is 0. The number of aryl methyl sites for hydroxylation is 1. The van der Waals surface area contributed by atoms with E-state index in [0.717, 1.165) is 5.38 Å². The van der Waals surface area contributed by atoms with Gasteiger partial charge >= 0.3 is 6.18 Å². The van der Waals surface area contributed by atoms with E-state index in [1.807, 2.05) is 0 Å². The highest BCUT2D eigenvalue weighted by Gasteiger charge is 2.36. The molecule has 0 nitrogen and oxygen atoms in total. The van der Waals surface area contributed by atoms with Crippen LogP contribution in [0.5, 0.6) is 0 Å². The van der Waals surface area contributed by atoms with Crippen LogP contribution in [0, 0.1) is 12.7 Å². The highest BCUT2D eigenvalue weighted by Crippen LogP contribution is 2.36. The lowest BCUT2D eigenvalue weighted by atomic mass is 10.3. The molecule has 1 aromatic heterocycles. The number of alkyl halides is 3. The van der Waals surface area contributed by atoms with Crippen LogP contribution in [-0.4, -0.2) is 0 Å². The van der Waals surface area contributed by atoms with E-state index in [2.05, 4.69) is 0 Å². The molecule has 0 aromatic carbocycles. The van der Waals surface area contributed by atoms with Crippen molar-refractivity contribution in [2.24, 2.45) is 0 Å². The fraction of sp³-hybridized carbons (Fsp3) is 0.333. The second kappa shape index (κ2) is 2.48. The van der Waals surface area contributed by atoms with E-state index in [1.54, 1.807) is 0 Å². The second-order valence-corrected chi connectivity index (χ2v) is 2.94. The Kier molecular flexibility index (Phi) is 1.92. The zero-order valence-electron chi connectivity index (χ0n) is 5.50. The number of halogens is 4. The van der Waals surface area contributed by atoms with Gasteiger partial charge in [-0.05, 0) is 17.9 Å². The third kappa shape index (κ3) is 1.53. The minimum absolute atomic E-state index is 0.0438. The van der Waals surface area contributed by atoms with Crippen LogP contribution in [0.15, 0.2) is 5.38 Å². The Morgan fingerprint density at radius 3 is 2.09 bits per heavy atom. The maximum atomic E-state index is 12.5. The van der Waals surface area contributed by atoms with Gasteiger partial charge in [0.25, 0.3) is 0 Å². The summed E-state index contributed by atoms with van der Waals surface area (Å²) in [4.78, 5) is -1.14. The Morgan fingerprint density at radius 1 is 1.36 bits per heavy atom. The van der Waals surface area contributed by atoms with Crippen LogP contribution in [-0.2, 0) is 6.18 Å². The van der Waals surface area contributed by atoms with E-state index in [-0.39, 0.29) is 5.56 Å². The Bertz CT molecular complexity index is 260. The van der Waals surface area contributed by atoms with Crippen LogP contribution in [0.3, 0.4) is 0 Å². The topological polar surface area (TPSA) is 0 Å². The maximum absolute atomic E-state index is 12.5. The van der Waals surface area contributed by atoms with Gasteiger partial charge in [-0.2, -0.15) is 13.2 Å². The summed E-state index contributed by atoms with van der Waals surface area (Å²) in [5.41, 5.74) is 0.0438. The molecular formula is C6H4F4S. The molecule has 0 unspecified atom stereocenters. The fourth-order valence-corrected chi connectivity index (χ4v) is 1.42. The van der Waals surface area contributed by atoms with Gasteiger partial charge < -0.3 is 0 Å². The van der Waals surface area contributed by atoms with Gasteiger partial charge in [0, 0.05) is 0 Å². The predicted octanol–water partition coefficient (Wildman–Crippen LogP) is 3.21. The standard InChI is InChI=1S/C6H4F4S/c1-3-2-11-5(4(3)7)6(8,9)10/h2H,1H3. The van der Waals surface area contributed by atoms with Crippen LogP contribution in [0.4, 0.5) is 17.6 Å². The van der Waals surface area contributed by atoms with Crippen molar-refractivity contribution in [2.45, 2.75) is 13.1 Å². The first-order valence-corrected chi connectivity index (χ1v) is 3.61. The van der Waals surface area contributed by atoms with Gasteiger partial charge in [0.1, 0.15) is 10.7 Å². The SMILES string of the molecule is Cc1csc(C(F)(F)F)c1F. The van der Waals surface area contributed by atoms with E-state index in [1.165, 1.54) is 6.92 Å². The molecule has 62 valence electrons. The van der Waals surface area contributed by atoms with E-state index in [9.17, 15) is 17.6 Å². The third-order valence-electron chi connectivity index (χ3n) is 1.16.